The zero-order valence-corrected chi connectivity index (χ0v) is 9.44. The van der Waals surface area contributed by atoms with E-state index in [1.54, 1.807) is 19.2 Å². The number of hydrogen-bond acceptors (Lipinski definition) is 2. The van der Waals surface area contributed by atoms with Crippen LogP contribution in [0.1, 0.15) is 24.4 Å². The van der Waals surface area contributed by atoms with Crippen molar-refractivity contribution in [3.63, 3.8) is 0 Å². The van der Waals surface area contributed by atoms with Crippen LogP contribution in [0.25, 0.3) is 0 Å². The first-order chi connectivity index (χ1) is 6.81. The Hall–Kier alpha value is -0.800. The third-order valence-electron chi connectivity index (χ3n) is 2.63. The van der Waals surface area contributed by atoms with E-state index in [4.69, 9.17) is 4.74 Å². The van der Waals surface area contributed by atoms with E-state index in [2.05, 4.69) is 5.32 Å². The SMILES string of the molecule is COc1ccc(F)cc1[C@H]1CCCN1.Cl. The molecule has 84 valence electrons. The Kier molecular flexibility index (Phi) is 4.36. The van der Waals surface area contributed by atoms with Crippen LogP contribution < -0.4 is 10.1 Å². The number of halogens is 2. The van der Waals surface area contributed by atoms with Crippen molar-refractivity contribution in [1.82, 2.24) is 5.32 Å². The van der Waals surface area contributed by atoms with Crippen LogP contribution in [0.5, 0.6) is 5.75 Å². The van der Waals surface area contributed by atoms with Gasteiger partial charge in [-0.05, 0) is 37.6 Å². The summed E-state index contributed by atoms with van der Waals surface area (Å²) in [6.45, 7) is 1.00. The molecule has 0 aliphatic carbocycles. The molecule has 1 atom stereocenters. The molecule has 0 saturated carbocycles. The van der Waals surface area contributed by atoms with E-state index in [1.807, 2.05) is 0 Å². The first-order valence-electron chi connectivity index (χ1n) is 4.88. The molecule has 0 spiro atoms. The van der Waals surface area contributed by atoms with E-state index < -0.39 is 0 Å². The molecular weight excluding hydrogens is 217 g/mol. The average Bonchev–Trinajstić information content (AvgIpc) is 2.70. The maximum atomic E-state index is 13.1. The van der Waals surface area contributed by atoms with Gasteiger partial charge in [-0.1, -0.05) is 0 Å². The highest BCUT2D eigenvalue weighted by atomic mass is 35.5. The zero-order valence-electron chi connectivity index (χ0n) is 8.63. The normalized spacial score (nSPS) is 19.7. The minimum absolute atomic E-state index is 0. The Labute approximate surface area is 95.2 Å². The maximum absolute atomic E-state index is 13.1. The third-order valence-corrected chi connectivity index (χ3v) is 2.63. The highest BCUT2D eigenvalue weighted by molar-refractivity contribution is 5.85. The Morgan fingerprint density at radius 2 is 2.27 bits per heavy atom. The van der Waals surface area contributed by atoms with Crippen LogP contribution >= 0.6 is 12.4 Å². The summed E-state index contributed by atoms with van der Waals surface area (Å²) in [7, 11) is 1.62. The summed E-state index contributed by atoms with van der Waals surface area (Å²) < 4.78 is 18.3. The zero-order chi connectivity index (χ0) is 9.97. The molecule has 4 heteroatoms. The van der Waals surface area contributed by atoms with Crippen LogP contribution in [-0.4, -0.2) is 13.7 Å². The van der Waals surface area contributed by atoms with Crippen LogP contribution in [0.2, 0.25) is 0 Å². The van der Waals surface area contributed by atoms with Gasteiger partial charge in [-0.2, -0.15) is 0 Å². The molecule has 1 saturated heterocycles. The van der Waals surface area contributed by atoms with Gasteiger partial charge >= 0.3 is 0 Å². The molecule has 1 fully saturated rings. The third kappa shape index (κ3) is 2.61. The van der Waals surface area contributed by atoms with Gasteiger partial charge in [-0.15, -0.1) is 12.4 Å². The predicted octanol–water partition coefficient (Wildman–Crippen LogP) is 2.68. The Bertz CT molecular complexity index is 326. The maximum Gasteiger partial charge on any atom is 0.123 e. The van der Waals surface area contributed by atoms with Crippen LogP contribution in [0.3, 0.4) is 0 Å². The van der Waals surface area contributed by atoms with Gasteiger partial charge in [0.25, 0.3) is 0 Å². The largest absolute Gasteiger partial charge is 0.496 e. The topological polar surface area (TPSA) is 21.3 Å². The lowest BCUT2D eigenvalue weighted by Gasteiger charge is -2.14. The molecule has 1 aliphatic heterocycles. The second-order valence-corrected chi connectivity index (χ2v) is 3.54. The summed E-state index contributed by atoms with van der Waals surface area (Å²) in [5.74, 6) is 0.570. The summed E-state index contributed by atoms with van der Waals surface area (Å²) in [5, 5.41) is 3.33. The van der Waals surface area contributed by atoms with Crippen molar-refractivity contribution in [2.45, 2.75) is 18.9 Å². The minimum atomic E-state index is -0.200. The Morgan fingerprint density at radius 3 is 2.87 bits per heavy atom. The van der Waals surface area contributed by atoms with Gasteiger partial charge in [-0.25, -0.2) is 4.39 Å². The van der Waals surface area contributed by atoms with Gasteiger partial charge < -0.3 is 10.1 Å². The average molecular weight is 232 g/mol. The molecule has 1 N–H and O–H groups in total. The number of benzene rings is 1. The summed E-state index contributed by atoms with van der Waals surface area (Å²) in [6, 6.07) is 4.92. The van der Waals surface area contributed by atoms with Crippen molar-refractivity contribution >= 4 is 12.4 Å². The molecule has 0 amide bonds. The Morgan fingerprint density at radius 1 is 1.47 bits per heavy atom. The molecule has 1 aromatic carbocycles. The number of nitrogens with one attached hydrogen (secondary N) is 1. The lowest BCUT2D eigenvalue weighted by atomic mass is 10.0. The fourth-order valence-electron chi connectivity index (χ4n) is 1.93. The molecule has 15 heavy (non-hydrogen) atoms. The first-order valence-corrected chi connectivity index (χ1v) is 4.88. The molecular formula is C11H15ClFNO. The molecule has 1 aromatic rings. The summed E-state index contributed by atoms with van der Waals surface area (Å²) in [5.41, 5.74) is 0.935. The van der Waals surface area contributed by atoms with Crippen molar-refractivity contribution in [3.05, 3.63) is 29.6 Å². The van der Waals surface area contributed by atoms with Crippen molar-refractivity contribution in [3.8, 4) is 5.75 Å². The van der Waals surface area contributed by atoms with Gasteiger partial charge in [0.15, 0.2) is 0 Å². The van der Waals surface area contributed by atoms with E-state index in [9.17, 15) is 4.39 Å². The number of methoxy groups -OCH3 is 1. The molecule has 1 aliphatic rings. The number of rotatable bonds is 2. The van der Waals surface area contributed by atoms with Crippen LogP contribution in [-0.2, 0) is 0 Å². The van der Waals surface area contributed by atoms with E-state index in [1.165, 1.54) is 6.07 Å². The van der Waals surface area contributed by atoms with Crippen molar-refractivity contribution < 1.29 is 9.13 Å². The molecule has 0 radical (unpaired) electrons. The highest BCUT2D eigenvalue weighted by Gasteiger charge is 2.20. The second kappa shape index (κ2) is 5.33. The van der Waals surface area contributed by atoms with E-state index in [0.29, 0.717) is 0 Å². The number of hydrogen-bond donors (Lipinski definition) is 1. The minimum Gasteiger partial charge on any atom is -0.496 e. The lowest BCUT2D eigenvalue weighted by molar-refractivity contribution is 0.401. The van der Waals surface area contributed by atoms with Crippen LogP contribution in [0, 0.1) is 5.82 Å². The molecule has 2 rings (SSSR count). The van der Waals surface area contributed by atoms with Crippen molar-refractivity contribution in [2.75, 3.05) is 13.7 Å². The molecule has 0 bridgehead atoms. The summed E-state index contributed by atoms with van der Waals surface area (Å²) in [4.78, 5) is 0. The van der Waals surface area contributed by atoms with Gasteiger partial charge in [0.2, 0.25) is 0 Å². The standard InChI is InChI=1S/C11H14FNO.ClH/c1-14-11-5-4-8(12)7-9(11)10-3-2-6-13-10;/h4-5,7,10,13H,2-3,6H2,1H3;1H/t10-;/m1./s1. The summed E-state index contributed by atoms with van der Waals surface area (Å²) in [6.07, 6.45) is 2.20. The molecule has 0 aromatic heterocycles. The second-order valence-electron chi connectivity index (χ2n) is 3.54. The summed E-state index contributed by atoms with van der Waals surface area (Å²) >= 11 is 0. The highest BCUT2D eigenvalue weighted by Crippen LogP contribution is 2.31. The van der Waals surface area contributed by atoms with Crippen LogP contribution in [0.4, 0.5) is 4.39 Å². The molecule has 2 nitrogen and oxygen atoms in total. The van der Waals surface area contributed by atoms with Crippen molar-refractivity contribution in [2.24, 2.45) is 0 Å². The quantitative estimate of drug-likeness (QED) is 0.845. The van der Waals surface area contributed by atoms with Gasteiger partial charge in [-0.3, -0.25) is 0 Å². The lowest BCUT2D eigenvalue weighted by Crippen LogP contribution is -2.14. The smallest absolute Gasteiger partial charge is 0.123 e. The van der Waals surface area contributed by atoms with Crippen LogP contribution in [0.15, 0.2) is 18.2 Å². The Balaban J connectivity index is 0.00000112. The molecule has 1 heterocycles. The van der Waals surface area contributed by atoms with Gasteiger partial charge in [0, 0.05) is 11.6 Å². The van der Waals surface area contributed by atoms with E-state index in [-0.39, 0.29) is 24.3 Å². The number of ether oxygens (including phenoxy) is 1. The van der Waals surface area contributed by atoms with Crippen molar-refractivity contribution in [1.29, 1.82) is 0 Å². The van der Waals surface area contributed by atoms with Gasteiger partial charge in [0.05, 0.1) is 7.11 Å². The fraction of sp³-hybridized carbons (Fsp3) is 0.455. The predicted molar refractivity (Wildman–Crippen MR) is 60.2 cm³/mol. The molecule has 0 unspecified atom stereocenters. The fourth-order valence-corrected chi connectivity index (χ4v) is 1.93. The van der Waals surface area contributed by atoms with E-state index in [0.717, 1.165) is 30.7 Å². The first kappa shape index (κ1) is 12.3. The monoisotopic (exact) mass is 231 g/mol. The van der Waals surface area contributed by atoms with E-state index >= 15 is 0 Å². The van der Waals surface area contributed by atoms with Gasteiger partial charge in [0.1, 0.15) is 11.6 Å².